The molecule has 1 aliphatic rings. The van der Waals surface area contributed by atoms with Crippen molar-refractivity contribution in [1.29, 1.82) is 0 Å². The number of rotatable bonds is 3. The second kappa shape index (κ2) is 5.25. The van der Waals surface area contributed by atoms with Crippen LogP contribution in [-0.2, 0) is 0 Å². The number of benzene rings is 1. The number of nitro groups is 1. The first-order valence-electron chi connectivity index (χ1n) is 6.72. The van der Waals surface area contributed by atoms with E-state index in [9.17, 15) is 19.6 Å². The largest absolute Gasteiger partial charge is 0.394 e. The number of anilines is 1. The second-order valence-corrected chi connectivity index (χ2v) is 5.05. The molecule has 0 bridgehead atoms. The maximum atomic E-state index is 14.4. The lowest BCUT2D eigenvalue weighted by atomic mass is 10.1. The topological polar surface area (TPSA) is 79.5 Å². The van der Waals surface area contributed by atoms with Gasteiger partial charge < -0.3 is 10.0 Å². The third-order valence-electron chi connectivity index (χ3n) is 3.87. The zero-order valence-corrected chi connectivity index (χ0v) is 11.2. The van der Waals surface area contributed by atoms with Crippen molar-refractivity contribution in [1.82, 2.24) is 4.98 Å². The van der Waals surface area contributed by atoms with Gasteiger partial charge in [0.15, 0.2) is 5.82 Å². The molecule has 0 radical (unpaired) electrons. The van der Waals surface area contributed by atoms with Gasteiger partial charge >= 0.3 is 0 Å². The van der Waals surface area contributed by atoms with E-state index in [2.05, 4.69) is 4.98 Å². The van der Waals surface area contributed by atoms with E-state index in [-0.39, 0.29) is 29.5 Å². The summed E-state index contributed by atoms with van der Waals surface area (Å²) < 4.78 is 14.4. The molecule has 0 aliphatic carbocycles. The molecule has 0 amide bonds. The summed E-state index contributed by atoms with van der Waals surface area (Å²) in [5.74, 6) is -0.673. The molecule has 1 unspecified atom stereocenters. The van der Waals surface area contributed by atoms with Crippen molar-refractivity contribution in [3.63, 3.8) is 0 Å². The molecule has 1 aliphatic heterocycles. The van der Waals surface area contributed by atoms with Crippen molar-refractivity contribution >= 4 is 22.3 Å². The summed E-state index contributed by atoms with van der Waals surface area (Å²) in [6.45, 7) is 0.524. The van der Waals surface area contributed by atoms with Crippen molar-refractivity contribution < 1.29 is 14.4 Å². The summed E-state index contributed by atoms with van der Waals surface area (Å²) in [5, 5.41) is 20.8. The molecular weight excluding hydrogens is 277 g/mol. The van der Waals surface area contributed by atoms with Crippen molar-refractivity contribution in [2.24, 2.45) is 0 Å². The van der Waals surface area contributed by atoms with E-state index in [1.165, 1.54) is 6.20 Å². The fourth-order valence-electron chi connectivity index (χ4n) is 2.92. The average Bonchev–Trinajstić information content (AvgIpc) is 2.94. The highest BCUT2D eigenvalue weighted by molar-refractivity contribution is 5.97. The summed E-state index contributed by atoms with van der Waals surface area (Å²) in [4.78, 5) is 16.4. The number of aliphatic hydroxyl groups excluding tert-OH is 1. The van der Waals surface area contributed by atoms with Crippen LogP contribution >= 0.6 is 0 Å². The molecule has 1 fully saturated rings. The Morgan fingerprint density at radius 3 is 3.10 bits per heavy atom. The Morgan fingerprint density at radius 1 is 1.57 bits per heavy atom. The van der Waals surface area contributed by atoms with Crippen LogP contribution in [0.25, 0.3) is 10.9 Å². The highest BCUT2D eigenvalue weighted by Gasteiger charge is 2.30. The molecule has 21 heavy (non-hydrogen) atoms. The lowest BCUT2D eigenvalue weighted by Crippen LogP contribution is -2.33. The summed E-state index contributed by atoms with van der Waals surface area (Å²) in [6, 6.07) is 3.91. The normalized spacial score (nSPS) is 18.4. The van der Waals surface area contributed by atoms with Gasteiger partial charge in [-0.15, -0.1) is 0 Å². The maximum Gasteiger partial charge on any atom is 0.281 e. The highest BCUT2D eigenvalue weighted by atomic mass is 19.1. The van der Waals surface area contributed by atoms with E-state index in [0.717, 1.165) is 18.9 Å². The molecule has 3 rings (SSSR count). The molecule has 2 aromatic rings. The van der Waals surface area contributed by atoms with Gasteiger partial charge in [-0.3, -0.25) is 15.1 Å². The smallest absolute Gasteiger partial charge is 0.281 e. The van der Waals surface area contributed by atoms with E-state index in [4.69, 9.17) is 0 Å². The number of hydrogen-bond acceptors (Lipinski definition) is 5. The molecule has 1 aromatic heterocycles. The number of fused-ring (bicyclic) bond motifs is 1. The van der Waals surface area contributed by atoms with Gasteiger partial charge in [0.1, 0.15) is 11.2 Å². The van der Waals surface area contributed by atoms with Gasteiger partial charge in [-0.05, 0) is 25.0 Å². The number of nitro benzene ring substituents is 1. The number of halogens is 1. The third kappa shape index (κ3) is 2.19. The number of aliphatic hydroxyl groups is 1. The minimum absolute atomic E-state index is 0.0786. The summed E-state index contributed by atoms with van der Waals surface area (Å²) in [5.41, 5.74) is 0.219. The molecule has 1 saturated heterocycles. The zero-order chi connectivity index (χ0) is 15.0. The van der Waals surface area contributed by atoms with Crippen molar-refractivity contribution in [3.05, 3.63) is 40.3 Å². The third-order valence-corrected chi connectivity index (χ3v) is 3.87. The van der Waals surface area contributed by atoms with Crippen molar-refractivity contribution in [2.75, 3.05) is 18.1 Å². The van der Waals surface area contributed by atoms with Gasteiger partial charge in [-0.2, -0.15) is 0 Å². The van der Waals surface area contributed by atoms with Gasteiger partial charge in [-0.25, -0.2) is 4.39 Å². The van der Waals surface area contributed by atoms with Crippen LogP contribution in [-0.4, -0.2) is 34.2 Å². The second-order valence-electron chi connectivity index (χ2n) is 5.05. The van der Waals surface area contributed by atoms with Crippen LogP contribution in [0.15, 0.2) is 24.4 Å². The van der Waals surface area contributed by atoms with Crippen LogP contribution in [0.1, 0.15) is 12.8 Å². The predicted octanol–water partition coefficient (Wildman–Crippen LogP) is 2.24. The molecule has 0 spiro atoms. The molecule has 110 valence electrons. The Hall–Kier alpha value is -2.28. The monoisotopic (exact) mass is 291 g/mol. The molecular formula is C14H14FN3O3. The molecule has 1 aromatic carbocycles. The van der Waals surface area contributed by atoms with Crippen LogP contribution in [0.5, 0.6) is 0 Å². The first kappa shape index (κ1) is 13.7. The number of nitrogens with zero attached hydrogens (tertiary/aromatic N) is 3. The fraction of sp³-hybridized carbons (Fsp3) is 0.357. The number of aromatic nitrogens is 1. The molecule has 6 nitrogen and oxygen atoms in total. The van der Waals surface area contributed by atoms with E-state index >= 15 is 0 Å². The summed E-state index contributed by atoms with van der Waals surface area (Å²) >= 11 is 0. The van der Waals surface area contributed by atoms with E-state index < -0.39 is 10.7 Å². The standard InChI is InChI=1S/C14H14FN3O3/c15-11-7-12(18(20)21)10-4-1-5-16-13(10)14(11)17-6-2-3-9(17)8-19/h1,4-5,7,9,19H,2-3,6,8H2. The minimum atomic E-state index is -0.673. The molecule has 7 heteroatoms. The number of non-ortho nitro benzene ring substituents is 1. The summed E-state index contributed by atoms with van der Waals surface area (Å²) in [7, 11) is 0. The van der Waals surface area contributed by atoms with E-state index in [1.807, 2.05) is 0 Å². The fourth-order valence-corrected chi connectivity index (χ4v) is 2.92. The molecule has 1 atom stereocenters. The Balaban J connectivity index is 2.26. The zero-order valence-electron chi connectivity index (χ0n) is 11.2. The van der Waals surface area contributed by atoms with Crippen LogP contribution < -0.4 is 4.90 Å². The van der Waals surface area contributed by atoms with Crippen LogP contribution in [0.3, 0.4) is 0 Å². The van der Waals surface area contributed by atoms with Crippen LogP contribution in [0, 0.1) is 15.9 Å². The van der Waals surface area contributed by atoms with Crippen LogP contribution in [0.2, 0.25) is 0 Å². The van der Waals surface area contributed by atoms with Gasteiger partial charge in [-0.1, -0.05) is 0 Å². The van der Waals surface area contributed by atoms with E-state index in [0.29, 0.717) is 11.9 Å². The van der Waals surface area contributed by atoms with Gasteiger partial charge in [0.05, 0.1) is 29.0 Å². The maximum absolute atomic E-state index is 14.4. The van der Waals surface area contributed by atoms with Crippen molar-refractivity contribution in [2.45, 2.75) is 18.9 Å². The van der Waals surface area contributed by atoms with Gasteiger partial charge in [0, 0.05) is 12.7 Å². The quantitative estimate of drug-likeness (QED) is 0.693. The number of pyridine rings is 1. The van der Waals surface area contributed by atoms with Crippen molar-refractivity contribution in [3.8, 4) is 0 Å². The first-order valence-corrected chi connectivity index (χ1v) is 6.72. The molecule has 1 N–H and O–H groups in total. The van der Waals surface area contributed by atoms with E-state index in [1.54, 1.807) is 17.0 Å². The van der Waals surface area contributed by atoms with Gasteiger partial charge in [0.25, 0.3) is 5.69 Å². The highest BCUT2D eigenvalue weighted by Crippen LogP contribution is 2.37. The SMILES string of the molecule is O=[N+]([O-])c1cc(F)c(N2CCCC2CO)c2ncccc12. The Labute approximate surface area is 120 Å². The minimum Gasteiger partial charge on any atom is -0.394 e. The van der Waals surface area contributed by atoms with Gasteiger partial charge in [0.2, 0.25) is 0 Å². The number of hydrogen-bond donors (Lipinski definition) is 1. The Bertz CT molecular complexity index is 707. The summed E-state index contributed by atoms with van der Waals surface area (Å²) in [6.07, 6.45) is 3.09. The van der Waals surface area contributed by atoms with Crippen LogP contribution in [0.4, 0.5) is 15.8 Å². The first-order chi connectivity index (χ1) is 10.1. The molecule has 0 saturated carbocycles. The Morgan fingerprint density at radius 2 is 2.38 bits per heavy atom. The molecule has 2 heterocycles. The predicted molar refractivity (Wildman–Crippen MR) is 75.8 cm³/mol. The Kier molecular flexibility index (Phi) is 3.42. The lowest BCUT2D eigenvalue weighted by Gasteiger charge is -2.26. The lowest BCUT2D eigenvalue weighted by molar-refractivity contribution is -0.383. The average molecular weight is 291 g/mol.